The van der Waals surface area contributed by atoms with Crippen molar-refractivity contribution in [2.75, 3.05) is 13.2 Å². The Bertz CT molecular complexity index is 927. The molecule has 0 aromatic heterocycles. The summed E-state index contributed by atoms with van der Waals surface area (Å²) >= 11 is 0. The van der Waals surface area contributed by atoms with E-state index >= 15 is 0 Å². The fourth-order valence-corrected chi connectivity index (χ4v) is 2.83. The SMILES string of the molecule is O=C(CCOc1ccccc1-c1ccccc1)NCC(=O)NCc1ccccc1. The van der Waals surface area contributed by atoms with Crippen molar-refractivity contribution in [3.63, 3.8) is 0 Å². The maximum absolute atomic E-state index is 12.0. The van der Waals surface area contributed by atoms with Gasteiger partial charge < -0.3 is 15.4 Å². The Morgan fingerprint density at radius 3 is 2.14 bits per heavy atom. The fraction of sp³-hybridized carbons (Fsp3) is 0.167. The van der Waals surface area contributed by atoms with Crippen molar-refractivity contribution >= 4 is 11.8 Å². The minimum absolute atomic E-state index is 0.0493. The van der Waals surface area contributed by atoms with Gasteiger partial charge in [-0.25, -0.2) is 0 Å². The molecule has 2 N–H and O–H groups in total. The third-order valence-electron chi connectivity index (χ3n) is 4.34. The third kappa shape index (κ3) is 6.50. The molecule has 5 nitrogen and oxygen atoms in total. The van der Waals surface area contributed by atoms with E-state index in [1.54, 1.807) is 0 Å². The van der Waals surface area contributed by atoms with Crippen LogP contribution in [0.2, 0.25) is 0 Å². The highest BCUT2D eigenvalue weighted by Crippen LogP contribution is 2.29. The molecule has 0 spiro atoms. The summed E-state index contributed by atoms with van der Waals surface area (Å²) in [4.78, 5) is 23.9. The van der Waals surface area contributed by atoms with Gasteiger partial charge in [-0.3, -0.25) is 9.59 Å². The van der Waals surface area contributed by atoms with Crippen LogP contribution in [0, 0.1) is 0 Å². The predicted octanol–water partition coefficient (Wildman–Crippen LogP) is 3.56. The lowest BCUT2D eigenvalue weighted by atomic mass is 10.1. The van der Waals surface area contributed by atoms with Gasteiger partial charge in [-0.05, 0) is 17.2 Å². The highest BCUT2D eigenvalue weighted by atomic mass is 16.5. The van der Waals surface area contributed by atoms with E-state index < -0.39 is 0 Å². The summed E-state index contributed by atoms with van der Waals surface area (Å²) in [5, 5.41) is 5.40. The normalized spacial score (nSPS) is 10.2. The van der Waals surface area contributed by atoms with Crippen LogP contribution >= 0.6 is 0 Å². The van der Waals surface area contributed by atoms with E-state index in [4.69, 9.17) is 4.74 Å². The molecule has 0 aliphatic carbocycles. The van der Waals surface area contributed by atoms with E-state index in [1.807, 2.05) is 84.9 Å². The molecule has 3 rings (SSSR count). The summed E-state index contributed by atoms with van der Waals surface area (Å²) in [5.41, 5.74) is 3.05. The lowest BCUT2D eigenvalue weighted by molar-refractivity contribution is -0.126. The molecule has 3 aromatic rings. The lowest BCUT2D eigenvalue weighted by Gasteiger charge is -2.12. The largest absolute Gasteiger partial charge is 0.492 e. The molecule has 0 saturated heterocycles. The van der Waals surface area contributed by atoms with Crippen LogP contribution in [0.3, 0.4) is 0 Å². The van der Waals surface area contributed by atoms with Crippen molar-refractivity contribution in [2.24, 2.45) is 0 Å². The average Bonchev–Trinajstić information content (AvgIpc) is 2.78. The highest BCUT2D eigenvalue weighted by molar-refractivity contribution is 5.84. The molecule has 0 heterocycles. The second kappa shape index (κ2) is 10.7. The number of carbonyl (C=O) groups is 2. The Morgan fingerprint density at radius 2 is 1.38 bits per heavy atom. The van der Waals surface area contributed by atoms with E-state index in [0.29, 0.717) is 6.54 Å². The maximum atomic E-state index is 12.0. The summed E-state index contributed by atoms with van der Waals surface area (Å²) in [6, 6.07) is 27.3. The summed E-state index contributed by atoms with van der Waals surface area (Å²) in [5.74, 6) is 0.279. The number of para-hydroxylation sites is 1. The smallest absolute Gasteiger partial charge is 0.239 e. The molecular formula is C24H24N2O3. The van der Waals surface area contributed by atoms with E-state index in [2.05, 4.69) is 10.6 Å². The molecule has 0 unspecified atom stereocenters. The zero-order chi connectivity index (χ0) is 20.3. The zero-order valence-electron chi connectivity index (χ0n) is 16.1. The van der Waals surface area contributed by atoms with Gasteiger partial charge in [0.25, 0.3) is 0 Å². The number of benzene rings is 3. The highest BCUT2D eigenvalue weighted by Gasteiger charge is 2.08. The molecule has 0 atom stereocenters. The monoisotopic (exact) mass is 388 g/mol. The summed E-state index contributed by atoms with van der Waals surface area (Å²) in [7, 11) is 0. The zero-order valence-corrected chi connectivity index (χ0v) is 16.1. The van der Waals surface area contributed by atoms with Crippen molar-refractivity contribution < 1.29 is 14.3 Å². The quantitative estimate of drug-likeness (QED) is 0.589. The Labute approximate surface area is 170 Å². The molecule has 5 heteroatoms. The molecule has 2 amide bonds. The van der Waals surface area contributed by atoms with Gasteiger partial charge in [-0.1, -0.05) is 78.9 Å². The topological polar surface area (TPSA) is 67.4 Å². The van der Waals surface area contributed by atoms with Crippen LogP contribution in [0.1, 0.15) is 12.0 Å². The van der Waals surface area contributed by atoms with Crippen molar-refractivity contribution in [3.8, 4) is 16.9 Å². The first-order chi connectivity index (χ1) is 14.2. The first-order valence-corrected chi connectivity index (χ1v) is 9.57. The standard InChI is InChI=1S/C24H24N2O3/c27-23(26-18-24(28)25-17-19-9-3-1-4-10-19)15-16-29-22-14-8-7-13-21(22)20-11-5-2-6-12-20/h1-14H,15-18H2,(H,25,28)(H,26,27). The molecule has 0 aliphatic heterocycles. The first-order valence-electron chi connectivity index (χ1n) is 9.57. The predicted molar refractivity (Wildman–Crippen MR) is 113 cm³/mol. The van der Waals surface area contributed by atoms with Crippen LogP contribution in [-0.4, -0.2) is 25.0 Å². The molecule has 0 bridgehead atoms. The lowest BCUT2D eigenvalue weighted by Crippen LogP contribution is -2.37. The van der Waals surface area contributed by atoms with Gasteiger partial charge in [0, 0.05) is 12.1 Å². The Hall–Kier alpha value is -3.60. The first kappa shape index (κ1) is 20.1. The summed E-state index contributed by atoms with van der Waals surface area (Å²) in [6.07, 6.45) is 0.176. The van der Waals surface area contributed by atoms with Gasteiger partial charge in [0.2, 0.25) is 11.8 Å². The van der Waals surface area contributed by atoms with Gasteiger partial charge >= 0.3 is 0 Å². The maximum Gasteiger partial charge on any atom is 0.239 e. The summed E-state index contributed by atoms with van der Waals surface area (Å²) in [6.45, 7) is 0.627. The second-order valence-electron chi connectivity index (χ2n) is 6.50. The van der Waals surface area contributed by atoms with Gasteiger partial charge in [0.1, 0.15) is 5.75 Å². The molecule has 29 heavy (non-hydrogen) atoms. The van der Waals surface area contributed by atoms with Crippen LogP contribution in [0.5, 0.6) is 5.75 Å². The number of rotatable bonds is 9. The van der Waals surface area contributed by atoms with Crippen LogP contribution < -0.4 is 15.4 Å². The number of hydrogen-bond acceptors (Lipinski definition) is 3. The van der Waals surface area contributed by atoms with Crippen LogP contribution in [0.15, 0.2) is 84.9 Å². The van der Waals surface area contributed by atoms with Crippen LogP contribution in [0.25, 0.3) is 11.1 Å². The Balaban J connectivity index is 1.40. The molecular weight excluding hydrogens is 364 g/mol. The third-order valence-corrected chi connectivity index (χ3v) is 4.34. The molecule has 0 radical (unpaired) electrons. The Kier molecular flexibility index (Phi) is 7.41. The van der Waals surface area contributed by atoms with Crippen molar-refractivity contribution in [2.45, 2.75) is 13.0 Å². The number of ether oxygens (including phenoxy) is 1. The number of amides is 2. The number of hydrogen-bond donors (Lipinski definition) is 2. The van der Waals surface area contributed by atoms with E-state index in [1.165, 1.54) is 0 Å². The van der Waals surface area contributed by atoms with E-state index in [-0.39, 0.29) is 31.4 Å². The van der Waals surface area contributed by atoms with Crippen molar-refractivity contribution in [1.29, 1.82) is 0 Å². The minimum Gasteiger partial charge on any atom is -0.492 e. The summed E-state index contributed by atoms with van der Waals surface area (Å²) < 4.78 is 5.81. The number of carbonyl (C=O) groups excluding carboxylic acids is 2. The van der Waals surface area contributed by atoms with Gasteiger partial charge in [0.15, 0.2) is 0 Å². The van der Waals surface area contributed by atoms with Gasteiger partial charge in [-0.15, -0.1) is 0 Å². The van der Waals surface area contributed by atoms with Gasteiger partial charge in [-0.2, -0.15) is 0 Å². The molecule has 0 saturated carbocycles. The van der Waals surface area contributed by atoms with Gasteiger partial charge in [0.05, 0.1) is 19.6 Å². The minimum atomic E-state index is -0.225. The average molecular weight is 388 g/mol. The fourth-order valence-electron chi connectivity index (χ4n) is 2.83. The van der Waals surface area contributed by atoms with Crippen molar-refractivity contribution in [3.05, 3.63) is 90.5 Å². The van der Waals surface area contributed by atoms with Crippen molar-refractivity contribution in [1.82, 2.24) is 10.6 Å². The van der Waals surface area contributed by atoms with Crippen LogP contribution in [-0.2, 0) is 16.1 Å². The number of nitrogens with one attached hydrogen (secondary N) is 2. The molecule has 0 aliphatic rings. The second-order valence-corrected chi connectivity index (χ2v) is 6.50. The van der Waals surface area contributed by atoms with Crippen LogP contribution in [0.4, 0.5) is 0 Å². The molecule has 148 valence electrons. The van der Waals surface area contributed by atoms with E-state index in [9.17, 15) is 9.59 Å². The Morgan fingerprint density at radius 1 is 0.724 bits per heavy atom. The van der Waals surface area contributed by atoms with E-state index in [0.717, 1.165) is 22.4 Å². The molecule has 0 fully saturated rings. The molecule has 3 aromatic carbocycles.